The Kier molecular flexibility index (Phi) is 3.80. The SMILES string of the molecule is CCSCC(C)n1c(=O)[nH][nH]c1=S. The minimum atomic E-state index is -0.158. The number of thioether (sulfide) groups is 1. The number of aromatic nitrogens is 3. The summed E-state index contributed by atoms with van der Waals surface area (Å²) in [5, 5.41) is 5.09. The van der Waals surface area contributed by atoms with E-state index < -0.39 is 0 Å². The summed E-state index contributed by atoms with van der Waals surface area (Å²) < 4.78 is 2.03. The van der Waals surface area contributed by atoms with Gasteiger partial charge in [0, 0.05) is 11.8 Å². The van der Waals surface area contributed by atoms with Gasteiger partial charge in [0.1, 0.15) is 0 Å². The molecular weight excluding hydrogens is 206 g/mol. The van der Waals surface area contributed by atoms with Crippen LogP contribution in [0.15, 0.2) is 4.79 Å². The molecule has 0 aliphatic heterocycles. The van der Waals surface area contributed by atoms with Crippen molar-refractivity contribution in [2.45, 2.75) is 19.9 Å². The monoisotopic (exact) mass is 219 g/mol. The summed E-state index contributed by atoms with van der Waals surface area (Å²) >= 11 is 6.76. The molecule has 13 heavy (non-hydrogen) atoms. The standard InChI is InChI=1S/C7H13N3OS2/c1-3-13-4-5(2)10-6(11)8-9-7(10)12/h5H,3-4H2,1-2H3,(H,8,11)(H,9,12). The number of nitrogens with zero attached hydrogens (tertiary/aromatic N) is 1. The van der Waals surface area contributed by atoms with E-state index in [0.29, 0.717) is 4.77 Å². The van der Waals surface area contributed by atoms with Gasteiger partial charge in [-0.2, -0.15) is 11.8 Å². The van der Waals surface area contributed by atoms with Gasteiger partial charge in [-0.3, -0.25) is 9.67 Å². The Balaban J connectivity index is 2.82. The second-order valence-corrected chi connectivity index (χ2v) is 4.44. The van der Waals surface area contributed by atoms with Crippen LogP contribution in [0.1, 0.15) is 19.9 Å². The molecule has 1 unspecified atom stereocenters. The van der Waals surface area contributed by atoms with E-state index in [9.17, 15) is 4.79 Å². The highest BCUT2D eigenvalue weighted by Gasteiger charge is 2.08. The maximum Gasteiger partial charge on any atom is 0.342 e. The average Bonchev–Trinajstić information content (AvgIpc) is 2.42. The highest BCUT2D eigenvalue weighted by atomic mass is 32.2. The lowest BCUT2D eigenvalue weighted by Crippen LogP contribution is -2.22. The molecular formula is C7H13N3OS2. The zero-order valence-corrected chi connectivity index (χ0v) is 9.30. The van der Waals surface area contributed by atoms with Crippen molar-refractivity contribution < 1.29 is 0 Å². The Morgan fingerprint density at radius 2 is 2.31 bits per heavy atom. The van der Waals surface area contributed by atoms with E-state index in [0.717, 1.165) is 11.5 Å². The summed E-state index contributed by atoms with van der Waals surface area (Å²) in [7, 11) is 0. The molecule has 1 atom stereocenters. The topological polar surface area (TPSA) is 53.6 Å². The van der Waals surface area contributed by atoms with Crippen molar-refractivity contribution in [3.05, 3.63) is 15.3 Å². The first-order valence-electron chi connectivity index (χ1n) is 4.13. The summed E-state index contributed by atoms with van der Waals surface area (Å²) in [6, 6.07) is 0.146. The van der Waals surface area contributed by atoms with Gasteiger partial charge in [-0.15, -0.1) is 0 Å². The maximum atomic E-state index is 11.2. The second kappa shape index (κ2) is 4.66. The summed E-state index contributed by atoms with van der Waals surface area (Å²) in [5.41, 5.74) is -0.158. The smallest absolute Gasteiger partial charge is 0.272 e. The fourth-order valence-electron chi connectivity index (χ4n) is 1.08. The van der Waals surface area contributed by atoms with Gasteiger partial charge in [-0.1, -0.05) is 6.92 Å². The Morgan fingerprint density at radius 3 is 2.77 bits per heavy atom. The van der Waals surface area contributed by atoms with Crippen molar-refractivity contribution in [1.82, 2.24) is 14.8 Å². The van der Waals surface area contributed by atoms with E-state index >= 15 is 0 Å². The number of aromatic amines is 2. The average molecular weight is 219 g/mol. The van der Waals surface area contributed by atoms with Crippen LogP contribution in [0, 0.1) is 4.77 Å². The minimum absolute atomic E-state index is 0.146. The van der Waals surface area contributed by atoms with Crippen LogP contribution in [-0.4, -0.2) is 26.3 Å². The first-order chi connectivity index (χ1) is 6.16. The number of rotatable bonds is 4. The van der Waals surface area contributed by atoms with Crippen molar-refractivity contribution in [2.75, 3.05) is 11.5 Å². The summed E-state index contributed by atoms with van der Waals surface area (Å²) in [4.78, 5) is 11.2. The van der Waals surface area contributed by atoms with Gasteiger partial charge in [-0.05, 0) is 24.9 Å². The van der Waals surface area contributed by atoms with Gasteiger partial charge < -0.3 is 0 Å². The Hall–Kier alpha value is -0.490. The lowest BCUT2D eigenvalue weighted by molar-refractivity contribution is 0.581. The molecule has 0 fully saturated rings. The molecule has 6 heteroatoms. The number of hydrogen-bond donors (Lipinski definition) is 2. The Morgan fingerprint density at radius 1 is 1.62 bits per heavy atom. The van der Waals surface area contributed by atoms with E-state index in [1.807, 2.05) is 6.92 Å². The zero-order valence-electron chi connectivity index (χ0n) is 7.66. The highest BCUT2D eigenvalue weighted by Crippen LogP contribution is 2.11. The molecule has 0 spiro atoms. The van der Waals surface area contributed by atoms with E-state index in [1.54, 1.807) is 16.3 Å². The summed E-state index contributed by atoms with van der Waals surface area (Å²) in [6.45, 7) is 4.08. The molecule has 0 aliphatic rings. The molecule has 0 saturated carbocycles. The van der Waals surface area contributed by atoms with Gasteiger partial charge in [-0.25, -0.2) is 9.89 Å². The van der Waals surface area contributed by atoms with Crippen LogP contribution < -0.4 is 5.69 Å². The molecule has 0 saturated heterocycles. The van der Waals surface area contributed by atoms with Gasteiger partial charge in [0.2, 0.25) is 0 Å². The first kappa shape index (κ1) is 10.6. The van der Waals surface area contributed by atoms with E-state index in [1.165, 1.54) is 0 Å². The largest absolute Gasteiger partial charge is 0.342 e. The third-order valence-corrected chi connectivity index (χ3v) is 3.14. The van der Waals surface area contributed by atoms with Crippen LogP contribution in [0.3, 0.4) is 0 Å². The normalized spacial score (nSPS) is 13.1. The molecule has 0 aromatic carbocycles. The molecule has 0 aliphatic carbocycles. The fraction of sp³-hybridized carbons (Fsp3) is 0.714. The van der Waals surface area contributed by atoms with Crippen molar-refractivity contribution in [3.63, 3.8) is 0 Å². The minimum Gasteiger partial charge on any atom is -0.272 e. The molecule has 4 nitrogen and oxygen atoms in total. The van der Waals surface area contributed by atoms with Crippen LogP contribution in [0.2, 0.25) is 0 Å². The van der Waals surface area contributed by atoms with Crippen molar-refractivity contribution in [1.29, 1.82) is 0 Å². The number of hydrogen-bond acceptors (Lipinski definition) is 3. The maximum absolute atomic E-state index is 11.2. The molecule has 2 N–H and O–H groups in total. The second-order valence-electron chi connectivity index (χ2n) is 2.74. The van der Waals surface area contributed by atoms with E-state index in [2.05, 4.69) is 17.1 Å². The summed E-state index contributed by atoms with van der Waals surface area (Å²) in [5.74, 6) is 1.96. The predicted octanol–water partition coefficient (Wildman–Crippen LogP) is 1.55. The van der Waals surface area contributed by atoms with Crippen molar-refractivity contribution in [2.24, 2.45) is 0 Å². The van der Waals surface area contributed by atoms with Crippen LogP contribution in [0.5, 0.6) is 0 Å². The third kappa shape index (κ3) is 2.47. The predicted molar refractivity (Wildman–Crippen MR) is 57.9 cm³/mol. The lowest BCUT2D eigenvalue weighted by atomic mass is 10.4. The third-order valence-electron chi connectivity index (χ3n) is 1.72. The molecule has 74 valence electrons. The van der Waals surface area contributed by atoms with Gasteiger partial charge >= 0.3 is 5.69 Å². The first-order valence-corrected chi connectivity index (χ1v) is 5.70. The fourth-order valence-corrected chi connectivity index (χ4v) is 2.12. The summed E-state index contributed by atoms with van der Waals surface area (Å²) in [6.07, 6.45) is 0. The number of H-pyrrole nitrogens is 2. The molecule has 1 rings (SSSR count). The Labute approximate surface area is 85.7 Å². The molecule has 1 aromatic heterocycles. The van der Waals surface area contributed by atoms with Gasteiger partial charge in [0.15, 0.2) is 4.77 Å². The van der Waals surface area contributed by atoms with Gasteiger partial charge in [0.25, 0.3) is 0 Å². The van der Waals surface area contributed by atoms with E-state index in [4.69, 9.17) is 12.2 Å². The molecule has 1 heterocycles. The molecule has 0 bridgehead atoms. The molecule has 0 radical (unpaired) electrons. The van der Waals surface area contributed by atoms with Crippen LogP contribution >= 0.6 is 24.0 Å². The molecule has 1 aromatic rings. The highest BCUT2D eigenvalue weighted by molar-refractivity contribution is 7.99. The van der Waals surface area contributed by atoms with Crippen molar-refractivity contribution >= 4 is 24.0 Å². The van der Waals surface area contributed by atoms with Gasteiger partial charge in [0.05, 0.1) is 0 Å². The number of nitrogens with one attached hydrogen (secondary N) is 2. The van der Waals surface area contributed by atoms with E-state index in [-0.39, 0.29) is 11.7 Å². The van der Waals surface area contributed by atoms with Crippen molar-refractivity contribution in [3.8, 4) is 0 Å². The Bertz CT molecular complexity index is 337. The molecule has 0 amide bonds. The van der Waals surface area contributed by atoms with Crippen LogP contribution in [0.4, 0.5) is 0 Å². The van der Waals surface area contributed by atoms with Crippen LogP contribution in [-0.2, 0) is 0 Å². The lowest BCUT2D eigenvalue weighted by Gasteiger charge is -2.09. The quantitative estimate of drug-likeness (QED) is 0.755. The zero-order chi connectivity index (χ0) is 9.84. The van der Waals surface area contributed by atoms with Crippen LogP contribution in [0.25, 0.3) is 0 Å².